The molecule has 114 valence electrons. The molecular formula is C14H16ClNO4S. The maximum atomic E-state index is 12.1. The zero-order valence-electron chi connectivity index (χ0n) is 11.2. The normalized spacial score (nSPS) is 21.5. The fourth-order valence-electron chi connectivity index (χ4n) is 2.25. The van der Waals surface area contributed by atoms with Gasteiger partial charge >= 0.3 is 5.97 Å². The van der Waals surface area contributed by atoms with Crippen molar-refractivity contribution < 1.29 is 19.8 Å². The minimum atomic E-state index is -1.06. The zero-order valence-corrected chi connectivity index (χ0v) is 12.8. The van der Waals surface area contributed by atoms with Gasteiger partial charge in [0.15, 0.2) is 0 Å². The van der Waals surface area contributed by atoms with Crippen molar-refractivity contribution in [3.05, 3.63) is 29.3 Å². The van der Waals surface area contributed by atoms with Crippen LogP contribution in [0, 0.1) is 0 Å². The van der Waals surface area contributed by atoms with Gasteiger partial charge in [-0.1, -0.05) is 11.6 Å². The summed E-state index contributed by atoms with van der Waals surface area (Å²) in [5.74, 6) is -0.745. The third-order valence-corrected chi connectivity index (χ3v) is 4.55. The summed E-state index contributed by atoms with van der Waals surface area (Å²) in [6, 6.07) is 6.40. The Kier molecular flexibility index (Phi) is 5.50. The van der Waals surface area contributed by atoms with E-state index in [1.54, 1.807) is 12.1 Å². The molecule has 0 bridgehead atoms. The number of benzene rings is 1. The number of aliphatic hydroxyl groups is 1. The summed E-state index contributed by atoms with van der Waals surface area (Å²) in [5, 5.41) is 19.2. The van der Waals surface area contributed by atoms with Crippen LogP contribution in [0.1, 0.15) is 12.8 Å². The van der Waals surface area contributed by atoms with Gasteiger partial charge in [0.25, 0.3) is 0 Å². The first-order valence-electron chi connectivity index (χ1n) is 6.56. The fourth-order valence-corrected chi connectivity index (χ4v) is 3.22. The minimum absolute atomic E-state index is 0.0986. The lowest BCUT2D eigenvalue weighted by Gasteiger charge is -2.20. The van der Waals surface area contributed by atoms with Gasteiger partial charge in [0.2, 0.25) is 5.91 Å². The van der Waals surface area contributed by atoms with Crippen LogP contribution in [-0.4, -0.2) is 51.4 Å². The first kappa shape index (κ1) is 16.1. The molecule has 1 amide bonds. The van der Waals surface area contributed by atoms with Crippen LogP contribution < -0.4 is 0 Å². The smallest absolute Gasteiger partial charge is 0.326 e. The van der Waals surface area contributed by atoms with Crippen molar-refractivity contribution in [2.75, 3.05) is 12.3 Å². The van der Waals surface area contributed by atoms with Crippen molar-refractivity contribution in [1.82, 2.24) is 4.90 Å². The number of aliphatic carboxylic acids is 1. The Hall–Kier alpha value is -1.24. The van der Waals surface area contributed by atoms with Crippen LogP contribution in [0.25, 0.3) is 0 Å². The molecule has 1 saturated heterocycles. The number of β-amino-alcohol motifs (C(OH)–C–C–N with tert-alkyl or cyclic N) is 1. The van der Waals surface area contributed by atoms with Crippen LogP contribution in [0.2, 0.25) is 5.02 Å². The van der Waals surface area contributed by atoms with Gasteiger partial charge in [-0.2, -0.15) is 0 Å². The number of thioether (sulfide) groups is 1. The summed E-state index contributed by atoms with van der Waals surface area (Å²) in [6.45, 7) is 0.0986. The highest BCUT2D eigenvalue weighted by Gasteiger charge is 2.38. The average molecular weight is 330 g/mol. The molecule has 5 nitrogen and oxygen atoms in total. The summed E-state index contributed by atoms with van der Waals surface area (Å²) >= 11 is 7.30. The molecule has 1 aliphatic rings. The summed E-state index contributed by atoms with van der Waals surface area (Å²) in [6.07, 6.45) is -0.409. The Morgan fingerprint density at radius 3 is 2.62 bits per heavy atom. The van der Waals surface area contributed by atoms with E-state index in [0.717, 1.165) is 4.90 Å². The number of carbonyl (C=O) groups is 2. The maximum absolute atomic E-state index is 12.1. The highest BCUT2D eigenvalue weighted by atomic mass is 35.5. The average Bonchev–Trinajstić information content (AvgIpc) is 2.83. The number of carboxylic acid groups (broad SMARTS) is 1. The third-order valence-electron chi connectivity index (χ3n) is 3.28. The number of hydrogen-bond donors (Lipinski definition) is 2. The van der Waals surface area contributed by atoms with Gasteiger partial charge in [-0.05, 0) is 24.3 Å². The fraction of sp³-hybridized carbons (Fsp3) is 0.429. The largest absolute Gasteiger partial charge is 0.480 e. The van der Waals surface area contributed by atoms with E-state index in [2.05, 4.69) is 0 Å². The molecule has 1 heterocycles. The molecule has 1 aromatic carbocycles. The van der Waals surface area contributed by atoms with E-state index in [1.807, 2.05) is 12.1 Å². The number of hydrogen-bond acceptors (Lipinski definition) is 4. The van der Waals surface area contributed by atoms with Crippen molar-refractivity contribution >= 4 is 35.2 Å². The molecule has 2 atom stereocenters. The molecule has 7 heteroatoms. The molecule has 21 heavy (non-hydrogen) atoms. The second-order valence-corrected chi connectivity index (χ2v) is 6.45. The Labute approximate surface area is 131 Å². The van der Waals surface area contributed by atoms with Crippen LogP contribution in [0.4, 0.5) is 0 Å². The lowest BCUT2D eigenvalue weighted by Crippen LogP contribution is -2.40. The van der Waals surface area contributed by atoms with Crippen molar-refractivity contribution in [3.8, 4) is 0 Å². The summed E-state index contributed by atoms with van der Waals surface area (Å²) in [7, 11) is 0. The Balaban J connectivity index is 1.84. The van der Waals surface area contributed by atoms with E-state index in [1.165, 1.54) is 16.7 Å². The van der Waals surface area contributed by atoms with E-state index in [9.17, 15) is 14.7 Å². The van der Waals surface area contributed by atoms with Gasteiger partial charge in [0.1, 0.15) is 6.04 Å². The van der Waals surface area contributed by atoms with E-state index < -0.39 is 18.1 Å². The zero-order chi connectivity index (χ0) is 15.4. The molecule has 0 aliphatic carbocycles. The SMILES string of the molecule is O=C(O)C1CC(O)CN1C(=O)CCSc1ccc(Cl)cc1. The predicted molar refractivity (Wildman–Crippen MR) is 80.6 cm³/mol. The number of aliphatic hydroxyl groups excluding tert-OH is 1. The monoisotopic (exact) mass is 329 g/mol. The number of rotatable bonds is 5. The molecule has 0 radical (unpaired) electrons. The van der Waals surface area contributed by atoms with Crippen LogP contribution >= 0.6 is 23.4 Å². The van der Waals surface area contributed by atoms with E-state index in [0.29, 0.717) is 10.8 Å². The van der Waals surface area contributed by atoms with Crippen molar-refractivity contribution in [3.63, 3.8) is 0 Å². The van der Waals surface area contributed by atoms with Gasteiger partial charge < -0.3 is 15.1 Å². The van der Waals surface area contributed by atoms with Gasteiger partial charge in [0, 0.05) is 35.1 Å². The van der Waals surface area contributed by atoms with Crippen LogP contribution in [0.5, 0.6) is 0 Å². The number of halogens is 1. The number of likely N-dealkylation sites (tertiary alicyclic amines) is 1. The van der Waals surface area contributed by atoms with Gasteiger partial charge in [-0.25, -0.2) is 4.79 Å². The standard InChI is InChI=1S/C14H16ClNO4S/c15-9-1-3-11(4-2-9)21-6-5-13(18)16-8-10(17)7-12(16)14(19)20/h1-4,10,12,17H,5-8H2,(H,19,20). The number of carbonyl (C=O) groups excluding carboxylic acids is 1. The molecule has 1 fully saturated rings. The topological polar surface area (TPSA) is 77.8 Å². The molecule has 1 aromatic rings. The second kappa shape index (κ2) is 7.15. The first-order chi connectivity index (χ1) is 9.97. The third kappa shape index (κ3) is 4.36. The Morgan fingerprint density at radius 2 is 2.00 bits per heavy atom. The second-order valence-electron chi connectivity index (χ2n) is 4.84. The molecule has 0 spiro atoms. The van der Waals surface area contributed by atoms with E-state index in [-0.39, 0.29) is 25.3 Å². The first-order valence-corrected chi connectivity index (χ1v) is 7.92. The quantitative estimate of drug-likeness (QED) is 0.806. The van der Waals surface area contributed by atoms with Crippen LogP contribution in [0.15, 0.2) is 29.2 Å². The molecular weight excluding hydrogens is 314 g/mol. The predicted octanol–water partition coefficient (Wildman–Crippen LogP) is 1.87. The minimum Gasteiger partial charge on any atom is -0.480 e. The number of carboxylic acids is 1. The Morgan fingerprint density at radius 1 is 1.33 bits per heavy atom. The molecule has 0 saturated carbocycles. The van der Waals surface area contributed by atoms with Gasteiger partial charge in [0.05, 0.1) is 6.10 Å². The van der Waals surface area contributed by atoms with Crippen molar-refractivity contribution in [2.45, 2.75) is 29.9 Å². The molecule has 2 N–H and O–H groups in total. The van der Waals surface area contributed by atoms with E-state index in [4.69, 9.17) is 16.7 Å². The molecule has 2 rings (SSSR count). The van der Waals surface area contributed by atoms with Crippen LogP contribution in [-0.2, 0) is 9.59 Å². The summed E-state index contributed by atoms with van der Waals surface area (Å²) in [4.78, 5) is 25.4. The molecule has 0 aromatic heterocycles. The lowest BCUT2D eigenvalue weighted by molar-refractivity contribution is -0.148. The maximum Gasteiger partial charge on any atom is 0.326 e. The van der Waals surface area contributed by atoms with Gasteiger partial charge in [-0.15, -0.1) is 11.8 Å². The lowest BCUT2D eigenvalue weighted by atomic mass is 10.2. The van der Waals surface area contributed by atoms with Crippen molar-refractivity contribution in [1.29, 1.82) is 0 Å². The molecule has 2 unspecified atom stereocenters. The van der Waals surface area contributed by atoms with E-state index >= 15 is 0 Å². The highest BCUT2D eigenvalue weighted by Crippen LogP contribution is 2.23. The Bertz CT molecular complexity index is 522. The number of nitrogens with zero attached hydrogens (tertiary/aromatic N) is 1. The highest BCUT2D eigenvalue weighted by molar-refractivity contribution is 7.99. The molecule has 1 aliphatic heterocycles. The summed E-state index contributed by atoms with van der Waals surface area (Å²) in [5.41, 5.74) is 0. The van der Waals surface area contributed by atoms with Crippen LogP contribution in [0.3, 0.4) is 0 Å². The van der Waals surface area contributed by atoms with Gasteiger partial charge in [-0.3, -0.25) is 4.79 Å². The van der Waals surface area contributed by atoms with Crippen molar-refractivity contribution in [2.24, 2.45) is 0 Å². The number of amides is 1. The summed E-state index contributed by atoms with van der Waals surface area (Å²) < 4.78 is 0.